The van der Waals surface area contributed by atoms with Crippen LogP contribution in [0.4, 0.5) is 10.1 Å². The Bertz CT molecular complexity index is 699. The number of hydrogen-bond donors (Lipinski definition) is 1. The number of aromatic nitrogens is 1. The van der Waals surface area contributed by atoms with Crippen molar-refractivity contribution in [1.29, 1.82) is 0 Å². The first-order valence-electron chi connectivity index (χ1n) is 5.40. The quantitative estimate of drug-likeness (QED) is 0.694. The molecule has 1 N–H and O–H groups in total. The number of hydrogen-bond acceptors (Lipinski definition) is 3. The highest BCUT2D eigenvalue weighted by molar-refractivity contribution is 6.30. The Morgan fingerprint density at radius 1 is 1.45 bits per heavy atom. The second-order valence-electron chi connectivity index (χ2n) is 4.01. The van der Waals surface area contributed by atoms with Crippen LogP contribution in [-0.4, -0.2) is 20.6 Å². The van der Waals surface area contributed by atoms with Crippen LogP contribution in [0.2, 0.25) is 5.02 Å². The normalized spacial score (nSPS) is 10.5. The summed E-state index contributed by atoms with van der Waals surface area (Å²) in [5, 5.41) is 19.9. The molecular weight excluding hydrogens is 291 g/mol. The van der Waals surface area contributed by atoms with Gasteiger partial charge in [0, 0.05) is 16.7 Å². The third-order valence-electron chi connectivity index (χ3n) is 2.67. The van der Waals surface area contributed by atoms with E-state index in [0.29, 0.717) is 0 Å². The maximum atomic E-state index is 13.7. The third kappa shape index (κ3) is 2.77. The fraction of sp³-hybridized carbons (Fsp3) is 0.0833. The molecule has 104 valence electrons. The molecule has 2 rings (SSSR count). The lowest BCUT2D eigenvalue weighted by atomic mass is 10.2. The summed E-state index contributed by atoms with van der Waals surface area (Å²) in [5.41, 5.74) is -0.467. The van der Waals surface area contributed by atoms with Gasteiger partial charge in [-0.15, -0.1) is 0 Å². The molecule has 2 aromatic rings. The minimum atomic E-state index is -1.33. The van der Waals surface area contributed by atoms with Gasteiger partial charge in [0.1, 0.15) is 11.5 Å². The lowest BCUT2D eigenvalue weighted by Gasteiger charge is -2.07. The first-order chi connectivity index (χ1) is 9.38. The highest BCUT2D eigenvalue weighted by atomic mass is 35.5. The predicted octanol–water partition coefficient (Wildman–Crippen LogP) is 2.94. The van der Waals surface area contributed by atoms with Gasteiger partial charge in [0.15, 0.2) is 0 Å². The molecule has 1 aromatic heterocycles. The first-order valence-corrected chi connectivity index (χ1v) is 5.78. The van der Waals surface area contributed by atoms with E-state index in [1.807, 2.05) is 0 Å². The molecule has 6 nitrogen and oxygen atoms in total. The molecule has 0 saturated heterocycles. The fourth-order valence-electron chi connectivity index (χ4n) is 1.74. The van der Waals surface area contributed by atoms with Crippen LogP contribution in [0.25, 0.3) is 0 Å². The average molecular weight is 299 g/mol. The number of nitro groups is 1. The van der Waals surface area contributed by atoms with E-state index in [2.05, 4.69) is 0 Å². The van der Waals surface area contributed by atoms with Crippen molar-refractivity contribution in [3.05, 3.63) is 62.7 Å². The van der Waals surface area contributed by atoms with Crippen molar-refractivity contribution in [3.63, 3.8) is 0 Å². The Balaban J connectivity index is 2.42. The summed E-state index contributed by atoms with van der Waals surface area (Å²) in [4.78, 5) is 21.0. The van der Waals surface area contributed by atoms with Crippen molar-refractivity contribution >= 4 is 23.3 Å². The monoisotopic (exact) mass is 298 g/mol. The molecule has 0 bridgehead atoms. The summed E-state index contributed by atoms with van der Waals surface area (Å²) in [5.74, 6) is -1.93. The van der Waals surface area contributed by atoms with Gasteiger partial charge < -0.3 is 9.67 Å². The SMILES string of the molecule is O=C(O)c1cc([N+](=O)[O-])cn1Cc1ccc(Cl)cc1F. The Kier molecular flexibility index (Phi) is 3.71. The van der Waals surface area contributed by atoms with Gasteiger partial charge in [-0.25, -0.2) is 9.18 Å². The van der Waals surface area contributed by atoms with E-state index in [0.717, 1.165) is 22.9 Å². The molecule has 0 amide bonds. The molecule has 0 spiro atoms. The van der Waals surface area contributed by atoms with E-state index in [-0.39, 0.29) is 28.5 Å². The Morgan fingerprint density at radius 2 is 2.15 bits per heavy atom. The third-order valence-corrected chi connectivity index (χ3v) is 2.90. The van der Waals surface area contributed by atoms with Crippen LogP contribution in [0.15, 0.2) is 30.5 Å². The number of nitrogens with zero attached hydrogens (tertiary/aromatic N) is 2. The lowest BCUT2D eigenvalue weighted by Crippen LogP contribution is -2.09. The van der Waals surface area contributed by atoms with Crippen LogP contribution in [-0.2, 0) is 6.54 Å². The second-order valence-corrected chi connectivity index (χ2v) is 4.45. The van der Waals surface area contributed by atoms with E-state index < -0.39 is 16.7 Å². The second kappa shape index (κ2) is 5.30. The van der Waals surface area contributed by atoms with Crippen LogP contribution >= 0.6 is 11.6 Å². The van der Waals surface area contributed by atoms with E-state index in [1.54, 1.807) is 0 Å². The lowest BCUT2D eigenvalue weighted by molar-refractivity contribution is -0.384. The number of carboxylic acids is 1. The van der Waals surface area contributed by atoms with Crippen LogP contribution in [0, 0.1) is 15.9 Å². The van der Waals surface area contributed by atoms with Crippen molar-refractivity contribution in [2.24, 2.45) is 0 Å². The highest BCUT2D eigenvalue weighted by Gasteiger charge is 2.19. The maximum Gasteiger partial charge on any atom is 0.352 e. The average Bonchev–Trinajstić information content (AvgIpc) is 2.77. The Labute approximate surface area is 117 Å². The molecule has 1 heterocycles. The summed E-state index contributed by atoms with van der Waals surface area (Å²) in [6, 6.07) is 4.87. The van der Waals surface area contributed by atoms with Crippen molar-refractivity contribution in [2.75, 3.05) is 0 Å². The molecule has 0 unspecified atom stereocenters. The highest BCUT2D eigenvalue weighted by Crippen LogP contribution is 2.20. The minimum absolute atomic E-state index is 0.140. The van der Waals surface area contributed by atoms with Crippen LogP contribution in [0.1, 0.15) is 16.1 Å². The Morgan fingerprint density at radius 3 is 2.70 bits per heavy atom. The van der Waals surface area contributed by atoms with Crippen molar-refractivity contribution in [1.82, 2.24) is 4.57 Å². The van der Waals surface area contributed by atoms with Gasteiger partial charge in [-0.2, -0.15) is 0 Å². The molecule has 0 aliphatic heterocycles. The molecule has 0 radical (unpaired) electrons. The summed E-state index contributed by atoms with van der Waals surface area (Å²) in [6.07, 6.45) is 1.05. The number of halogens is 2. The van der Waals surface area contributed by atoms with Crippen LogP contribution < -0.4 is 0 Å². The van der Waals surface area contributed by atoms with E-state index in [9.17, 15) is 19.3 Å². The summed E-state index contributed by atoms with van der Waals surface area (Å²) in [6.45, 7) is -0.140. The van der Waals surface area contributed by atoms with Gasteiger partial charge in [0.2, 0.25) is 0 Å². The molecule has 0 fully saturated rings. The largest absolute Gasteiger partial charge is 0.477 e. The zero-order valence-electron chi connectivity index (χ0n) is 9.92. The molecule has 0 saturated carbocycles. The first kappa shape index (κ1) is 14.0. The van der Waals surface area contributed by atoms with Crippen molar-refractivity contribution in [3.8, 4) is 0 Å². The molecular formula is C12H8ClFN2O4. The Hall–Kier alpha value is -2.41. The van der Waals surface area contributed by atoms with Gasteiger partial charge in [-0.3, -0.25) is 10.1 Å². The summed E-state index contributed by atoms with van der Waals surface area (Å²) >= 11 is 5.62. The van der Waals surface area contributed by atoms with Crippen LogP contribution in [0.3, 0.4) is 0 Å². The zero-order chi connectivity index (χ0) is 14.9. The number of rotatable bonds is 4. The van der Waals surface area contributed by atoms with Gasteiger partial charge in [-0.1, -0.05) is 17.7 Å². The van der Waals surface area contributed by atoms with E-state index in [4.69, 9.17) is 16.7 Å². The molecule has 1 aromatic carbocycles. The smallest absolute Gasteiger partial charge is 0.352 e. The number of benzene rings is 1. The van der Waals surface area contributed by atoms with E-state index >= 15 is 0 Å². The number of carboxylic acid groups (broad SMARTS) is 1. The molecule has 0 aliphatic rings. The van der Waals surface area contributed by atoms with E-state index in [1.165, 1.54) is 12.1 Å². The van der Waals surface area contributed by atoms with Gasteiger partial charge in [0.05, 0.1) is 17.7 Å². The van der Waals surface area contributed by atoms with Gasteiger partial charge >= 0.3 is 5.97 Å². The molecule has 0 aliphatic carbocycles. The predicted molar refractivity (Wildman–Crippen MR) is 68.6 cm³/mol. The standard InChI is InChI=1S/C12H8ClFN2O4/c13-8-2-1-7(10(14)3-8)5-15-6-9(16(19)20)4-11(15)12(17)18/h1-4,6H,5H2,(H,17,18). The van der Waals surface area contributed by atoms with Crippen LogP contribution in [0.5, 0.6) is 0 Å². The topological polar surface area (TPSA) is 85.4 Å². The maximum absolute atomic E-state index is 13.7. The van der Waals surface area contributed by atoms with Crippen molar-refractivity contribution < 1.29 is 19.2 Å². The number of carbonyl (C=O) groups is 1. The zero-order valence-corrected chi connectivity index (χ0v) is 10.7. The summed E-state index contributed by atoms with van der Waals surface area (Å²) in [7, 11) is 0. The van der Waals surface area contributed by atoms with Gasteiger partial charge in [-0.05, 0) is 12.1 Å². The number of aromatic carboxylic acids is 1. The molecule has 20 heavy (non-hydrogen) atoms. The minimum Gasteiger partial charge on any atom is -0.477 e. The molecule has 0 atom stereocenters. The van der Waals surface area contributed by atoms with Crippen molar-refractivity contribution in [2.45, 2.75) is 6.54 Å². The fourth-order valence-corrected chi connectivity index (χ4v) is 1.90. The summed E-state index contributed by atoms with van der Waals surface area (Å²) < 4.78 is 14.8. The molecule has 8 heteroatoms. The van der Waals surface area contributed by atoms with Gasteiger partial charge in [0.25, 0.3) is 5.69 Å².